The van der Waals surface area contributed by atoms with E-state index in [0.29, 0.717) is 13.2 Å². The lowest BCUT2D eigenvalue weighted by Crippen LogP contribution is -2.00. The van der Waals surface area contributed by atoms with Crippen molar-refractivity contribution in [2.24, 2.45) is 0 Å². The Balaban J connectivity index is 2.56. The van der Waals surface area contributed by atoms with Crippen LogP contribution in [0.25, 0.3) is 0 Å². The molecule has 0 aliphatic rings. The molecular formula is C14H18O2. The van der Waals surface area contributed by atoms with Crippen molar-refractivity contribution in [2.75, 3.05) is 13.2 Å². The molecule has 16 heavy (non-hydrogen) atoms. The number of benzene rings is 1. The molecule has 86 valence electrons. The Labute approximate surface area is 97.2 Å². The van der Waals surface area contributed by atoms with Gasteiger partial charge in [0.25, 0.3) is 0 Å². The number of rotatable bonds is 6. The van der Waals surface area contributed by atoms with E-state index in [4.69, 9.17) is 9.47 Å². The van der Waals surface area contributed by atoms with Crippen LogP contribution in [0.3, 0.4) is 0 Å². The molecule has 0 spiro atoms. The topological polar surface area (TPSA) is 18.5 Å². The first-order valence-corrected chi connectivity index (χ1v) is 5.22. The maximum atomic E-state index is 5.51. The number of hydrogen-bond acceptors (Lipinski definition) is 2. The van der Waals surface area contributed by atoms with Crippen molar-refractivity contribution in [3.05, 3.63) is 48.6 Å². The highest BCUT2D eigenvalue weighted by Crippen LogP contribution is 2.20. The molecule has 0 saturated heterocycles. The van der Waals surface area contributed by atoms with E-state index in [9.17, 15) is 0 Å². The second kappa shape index (κ2) is 6.01. The zero-order valence-corrected chi connectivity index (χ0v) is 9.95. The number of ether oxygens (including phenoxy) is 2. The molecule has 0 saturated carbocycles. The van der Waals surface area contributed by atoms with Crippen LogP contribution in [-0.4, -0.2) is 13.2 Å². The molecule has 0 atom stereocenters. The van der Waals surface area contributed by atoms with Gasteiger partial charge >= 0.3 is 0 Å². The van der Waals surface area contributed by atoms with Gasteiger partial charge in [-0.15, -0.1) is 0 Å². The summed E-state index contributed by atoms with van der Waals surface area (Å²) in [5, 5.41) is 0. The first-order chi connectivity index (χ1) is 7.58. The molecule has 1 aromatic carbocycles. The zero-order chi connectivity index (χ0) is 12.0. The molecule has 0 amide bonds. The van der Waals surface area contributed by atoms with E-state index in [2.05, 4.69) is 13.2 Å². The molecule has 0 fully saturated rings. The maximum absolute atomic E-state index is 5.51. The number of hydrogen-bond donors (Lipinski definition) is 0. The van der Waals surface area contributed by atoms with E-state index in [-0.39, 0.29) is 0 Å². The highest BCUT2D eigenvalue weighted by molar-refractivity contribution is 5.33. The van der Waals surface area contributed by atoms with E-state index in [1.807, 2.05) is 38.1 Å². The van der Waals surface area contributed by atoms with Crippen LogP contribution >= 0.6 is 0 Å². The van der Waals surface area contributed by atoms with E-state index in [1.54, 1.807) is 0 Å². The predicted molar refractivity (Wildman–Crippen MR) is 67.1 cm³/mol. The Morgan fingerprint density at radius 1 is 1.00 bits per heavy atom. The van der Waals surface area contributed by atoms with E-state index >= 15 is 0 Å². The Kier molecular flexibility index (Phi) is 4.65. The van der Waals surface area contributed by atoms with Gasteiger partial charge in [0, 0.05) is 6.07 Å². The fourth-order valence-electron chi connectivity index (χ4n) is 1.07. The molecule has 0 unspecified atom stereocenters. The quantitative estimate of drug-likeness (QED) is 0.679. The SMILES string of the molecule is C=C(C)COc1cccc(OCC(=C)C)c1. The van der Waals surface area contributed by atoms with E-state index in [0.717, 1.165) is 22.6 Å². The van der Waals surface area contributed by atoms with Crippen molar-refractivity contribution in [1.29, 1.82) is 0 Å². The first kappa shape index (κ1) is 12.4. The Hall–Kier alpha value is -1.70. The molecule has 0 aromatic heterocycles. The molecular weight excluding hydrogens is 200 g/mol. The summed E-state index contributed by atoms with van der Waals surface area (Å²) in [6.45, 7) is 12.5. The van der Waals surface area contributed by atoms with Crippen molar-refractivity contribution in [3.63, 3.8) is 0 Å². The standard InChI is InChI=1S/C14H18O2/c1-11(2)9-15-13-6-5-7-14(8-13)16-10-12(3)4/h5-8H,1,3,9-10H2,2,4H3. The van der Waals surface area contributed by atoms with Crippen LogP contribution in [0.2, 0.25) is 0 Å². The van der Waals surface area contributed by atoms with Crippen LogP contribution in [0, 0.1) is 0 Å². The molecule has 2 nitrogen and oxygen atoms in total. The molecule has 0 radical (unpaired) electrons. The summed E-state index contributed by atoms with van der Waals surface area (Å²) in [5.74, 6) is 1.59. The summed E-state index contributed by atoms with van der Waals surface area (Å²) < 4.78 is 11.0. The molecule has 1 aromatic rings. The minimum absolute atomic E-state index is 0.532. The largest absolute Gasteiger partial charge is 0.489 e. The van der Waals surface area contributed by atoms with Crippen molar-refractivity contribution >= 4 is 0 Å². The monoisotopic (exact) mass is 218 g/mol. The molecule has 0 aliphatic heterocycles. The van der Waals surface area contributed by atoms with Gasteiger partial charge < -0.3 is 9.47 Å². The van der Waals surface area contributed by atoms with Gasteiger partial charge in [0.1, 0.15) is 24.7 Å². The Morgan fingerprint density at radius 3 is 1.81 bits per heavy atom. The van der Waals surface area contributed by atoms with Crippen LogP contribution in [-0.2, 0) is 0 Å². The molecule has 2 heteroatoms. The molecule has 0 aliphatic carbocycles. The minimum atomic E-state index is 0.532. The zero-order valence-electron chi connectivity index (χ0n) is 9.95. The Bertz CT molecular complexity index is 347. The van der Waals surface area contributed by atoms with Crippen molar-refractivity contribution in [1.82, 2.24) is 0 Å². The lowest BCUT2D eigenvalue weighted by molar-refractivity contribution is 0.335. The minimum Gasteiger partial charge on any atom is -0.489 e. The third-order valence-corrected chi connectivity index (χ3v) is 1.78. The van der Waals surface area contributed by atoms with Crippen molar-refractivity contribution < 1.29 is 9.47 Å². The normalized spacial score (nSPS) is 9.62. The lowest BCUT2D eigenvalue weighted by atomic mass is 10.3. The smallest absolute Gasteiger partial charge is 0.123 e. The average Bonchev–Trinajstić information content (AvgIpc) is 2.24. The second-order valence-electron chi connectivity index (χ2n) is 3.97. The van der Waals surface area contributed by atoms with Crippen molar-refractivity contribution in [2.45, 2.75) is 13.8 Å². The van der Waals surface area contributed by atoms with Gasteiger partial charge in [-0.25, -0.2) is 0 Å². The first-order valence-electron chi connectivity index (χ1n) is 5.22. The van der Waals surface area contributed by atoms with Gasteiger partial charge in [-0.3, -0.25) is 0 Å². The fraction of sp³-hybridized carbons (Fsp3) is 0.286. The molecule has 0 bridgehead atoms. The lowest BCUT2D eigenvalue weighted by Gasteiger charge is -2.09. The van der Waals surface area contributed by atoms with Crippen LogP contribution < -0.4 is 9.47 Å². The third kappa shape index (κ3) is 4.69. The summed E-state index contributed by atoms with van der Waals surface area (Å²) >= 11 is 0. The molecule has 0 heterocycles. The van der Waals surface area contributed by atoms with Crippen LogP contribution in [0.1, 0.15) is 13.8 Å². The summed E-state index contributed by atoms with van der Waals surface area (Å²) in [6, 6.07) is 7.57. The molecule has 0 N–H and O–H groups in total. The third-order valence-electron chi connectivity index (χ3n) is 1.78. The van der Waals surface area contributed by atoms with E-state index < -0.39 is 0 Å². The Morgan fingerprint density at radius 2 is 1.44 bits per heavy atom. The summed E-state index contributed by atoms with van der Waals surface area (Å²) in [6.07, 6.45) is 0. The summed E-state index contributed by atoms with van der Waals surface area (Å²) in [7, 11) is 0. The highest BCUT2D eigenvalue weighted by atomic mass is 16.5. The van der Waals surface area contributed by atoms with Gasteiger partial charge in [0.05, 0.1) is 0 Å². The van der Waals surface area contributed by atoms with Gasteiger partial charge in [-0.05, 0) is 37.1 Å². The average molecular weight is 218 g/mol. The van der Waals surface area contributed by atoms with Gasteiger partial charge in [-0.2, -0.15) is 0 Å². The van der Waals surface area contributed by atoms with Gasteiger partial charge in [-0.1, -0.05) is 19.2 Å². The van der Waals surface area contributed by atoms with Crippen LogP contribution in [0.5, 0.6) is 11.5 Å². The van der Waals surface area contributed by atoms with Gasteiger partial charge in [0.2, 0.25) is 0 Å². The van der Waals surface area contributed by atoms with E-state index in [1.165, 1.54) is 0 Å². The van der Waals surface area contributed by atoms with Crippen molar-refractivity contribution in [3.8, 4) is 11.5 Å². The second-order valence-corrected chi connectivity index (χ2v) is 3.97. The maximum Gasteiger partial charge on any atom is 0.123 e. The van der Waals surface area contributed by atoms with Gasteiger partial charge in [0.15, 0.2) is 0 Å². The van der Waals surface area contributed by atoms with Crippen LogP contribution in [0.15, 0.2) is 48.6 Å². The van der Waals surface area contributed by atoms with Crippen LogP contribution in [0.4, 0.5) is 0 Å². The highest BCUT2D eigenvalue weighted by Gasteiger charge is 1.98. The summed E-state index contributed by atoms with van der Waals surface area (Å²) in [5.41, 5.74) is 1.99. The fourth-order valence-corrected chi connectivity index (χ4v) is 1.07. The summed E-state index contributed by atoms with van der Waals surface area (Å²) in [4.78, 5) is 0. The molecule has 1 rings (SSSR count). The predicted octanol–water partition coefficient (Wildman–Crippen LogP) is 3.60.